The monoisotopic (exact) mass is 195 g/mol. The SMILES string of the molecule is CC(C)(C)N1CCCC2(CCCC2)C1. The predicted molar refractivity (Wildman–Crippen MR) is 61.5 cm³/mol. The second-order valence-corrected chi connectivity index (χ2v) is 6.40. The molecule has 0 amide bonds. The highest BCUT2D eigenvalue weighted by molar-refractivity contribution is 4.93. The molecule has 1 heteroatoms. The van der Waals surface area contributed by atoms with Crippen molar-refractivity contribution in [1.82, 2.24) is 4.90 Å². The molecule has 1 saturated carbocycles. The third-order valence-electron chi connectivity index (χ3n) is 4.27. The van der Waals surface area contributed by atoms with E-state index in [0.29, 0.717) is 5.54 Å². The van der Waals surface area contributed by atoms with Crippen LogP contribution in [0.25, 0.3) is 0 Å². The lowest BCUT2D eigenvalue weighted by molar-refractivity contribution is 0.0285. The van der Waals surface area contributed by atoms with Crippen molar-refractivity contribution in [2.75, 3.05) is 13.1 Å². The molecule has 1 nitrogen and oxygen atoms in total. The molecule has 2 aliphatic rings. The average molecular weight is 195 g/mol. The van der Waals surface area contributed by atoms with Crippen LogP contribution in [0.5, 0.6) is 0 Å². The van der Waals surface area contributed by atoms with Crippen molar-refractivity contribution in [2.24, 2.45) is 5.41 Å². The summed E-state index contributed by atoms with van der Waals surface area (Å²) in [5.41, 5.74) is 1.11. The third-order valence-corrected chi connectivity index (χ3v) is 4.27. The minimum absolute atomic E-state index is 0.385. The predicted octanol–water partition coefficient (Wildman–Crippen LogP) is 3.44. The summed E-state index contributed by atoms with van der Waals surface area (Å²) in [6.07, 6.45) is 8.89. The van der Waals surface area contributed by atoms with Gasteiger partial charge < -0.3 is 0 Å². The minimum atomic E-state index is 0.385. The van der Waals surface area contributed by atoms with Crippen LogP contribution in [0.3, 0.4) is 0 Å². The number of hydrogen-bond donors (Lipinski definition) is 0. The highest BCUT2D eigenvalue weighted by atomic mass is 15.2. The van der Waals surface area contributed by atoms with Crippen LogP contribution < -0.4 is 0 Å². The van der Waals surface area contributed by atoms with Crippen molar-refractivity contribution in [2.45, 2.75) is 64.8 Å². The van der Waals surface area contributed by atoms with Crippen LogP contribution >= 0.6 is 0 Å². The molecule has 1 aliphatic carbocycles. The molecule has 0 aromatic carbocycles. The first kappa shape index (κ1) is 10.5. The van der Waals surface area contributed by atoms with E-state index in [0.717, 1.165) is 5.41 Å². The zero-order chi connectivity index (χ0) is 10.2. The summed E-state index contributed by atoms with van der Waals surface area (Å²) in [6, 6.07) is 0. The van der Waals surface area contributed by atoms with Crippen LogP contribution in [0.4, 0.5) is 0 Å². The molecule has 0 N–H and O–H groups in total. The summed E-state index contributed by atoms with van der Waals surface area (Å²) in [7, 11) is 0. The highest BCUT2D eigenvalue weighted by Gasteiger charge is 2.40. The Morgan fingerprint density at radius 1 is 0.929 bits per heavy atom. The Morgan fingerprint density at radius 2 is 1.50 bits per heavy atom. The first-order valence-corrected chi connectivity index (χ1v) is 6.27. The van der Waals surface area contributed by atoms with Crippen LogP contribution in [0.1, 0.15) is 59.3 Å². The first-order chi connectivity index (χ1) is 6.52. The zero-order valence-electron chi connectivity index (χ0n) is 10.1. The molecule has 1 aliphatic heterocycles. The van der Waals surface area contributed by atoms with Gasteiger partial charge in [0.05, 0.1) is 0 Å². The van der Waals surface area contributed by atoms with Crippen molar-refractivity contribution in [1.29, 1.82) is 0 Å². The maximum absolute atomic E-state index is 2.71. The third kappa shape index (κ3) is 1.98. The maximum Gasteiger partial charge on any atom is 0.0125 e. The summed E-state index contributed by atoms with van der Waals surface area (Å²) in [6.45, 7) is 9.78. The normalized spacial score (nSPS) is 28.5. The van der Waals surface area contributed by atoms with E-state index in [4.69, 9.17) is 0 Å². The summed E-state index contributed by atoms with van der Waals surface area (Å²) >= 11 is 0. The fourth-order valence-electron chi connectivity index (χ4n) is 3.31. The highest BCUT2D eigenvalue weighted by Crippen LogP contribution is 2.45. The van der Waals surface area contributed by atoms with Crippen molar-refractivity contribution in [3.63, 3.8) is 0 Å². The molecular formula is C13H25N. The van der Waals surface area contributed by atoms with E-state index in [9.17, 15) is 0 Å². The van der Waals surface area contributed by atoms with Crippen molar-refractivity contribution >= 4 is 0 Å². The van der Waals surface area contributed by atoms with E-state index in [1.54, 1.807) is 0 Å². The topological polar surface area (TPSA) is 3.24 Å². The fourth-order valence-corrected chi connectivity index (χ4v) is 3.31. The van der Waals surface area contributed by atoms with Crippen molar-refractivity contribution < 1.29 is 0 Å². The Labute approximate surface area is 88.9 Å². The summed E-state index contributed by atoms with van der Waals surface area (Å²) in [5.74, 6) is 0. The molecule has 2 fully saturated rings. The number of piperidine rings is 1. The van der Waals surface area contributed by atoms with Gasteiger partial charge in [0.15, 0.2) is 0 Å². The van der Waals surface area contributed by atoms with Crippen molar-refractivity contribution in [3.05, 3.63) is 0 Å². The van der Waals surface area contributed by atoms with Crippen LogP contribution in [-0.2, 0) is 0 Å². The number of likely N-dealkylation sites (tertiary alicyclic amines) is 1. The van der Waals surface area contributed by atoms with Gasteiger partial charge in [-0.25, -0.2) is 0 Å². The maximum atomic E-state index is 2.71. The Bertz CT molecular complexity index is 196. The Balaban J connectivity index is 2.03. The van der Waals surface area contributed by atoms with E-state index in [-0.39, 0.29) is 0 Å². The molecule has 1 heterocycles. The van der Waals surface area contributed by atoms with Crippen molar-refractivity contribution in [3.8, 4) is 0 Å². The first-order valence-electron chi connectivity index (χ1n) is 6.27. The molecule has 0 aromatic heterocycles. The van der Waals surface area contributed by atoms with Crippen LogP contribution in [0.2, 0.25) is 0 Å². The summed E-state index contributed by atoms with van der Waals surface area (Å²) in [4.78, 5) is 2.71. The van der Waals surface area contributed by atoms with E-state index in [1.807, 2.05) is 0 Å². The van der Waals surface area contributed by atoms with Gasteiger partial charge >= 0.3 is 0 Å². The number of nitrogens with zero attached hydrogens (tertiary/aromatic N) is 1. The van der Waals surface area contributed by atoms with Gasteiger partial charge in [0.25, 0.3) is 0 Å². The lowest BCUT2D eigenvalue weighted by Gasteiger charge is -2.46. The molecule has 2 rings (SSSR count). The van der Waals surface area contributed by atoms with Gasteiger partial charge in [-0.3, -0.25) is 4.90 Å². The molecule has 1 saturated heterocycles. The van der Waals surface area contributed by atoms with Gasteiger partial charge in [-0.05, 0) is 58.4 Å². The smallest absolute Gasteiger partial charge is 0.0125 e. The van der Waals surface area contributed by atoms with Crippen LogP contribution in [0, 0.1) is 5.41 Å². The number of rotatable bonds is 0. The second kappa shape index (κ2) is 3.52. The Kier molecular flexibility index (Phi) is 2.63. The average Bonchev–Trinajstić information content (AvgIpc) is 2.52. The van der Waals surface area contributed by atoms with Gasteiger partial charge in [0.1, 0.15) is 0 Å². The van der Waals surface area contributed by atoms with Gasteiger partial charge in [-0.1, -0.05) is 12.8 Å². The van der Waals surface area contributed by atoms with Gasteiger partial charge in [0, 0.05) is 12.1 Å². The van der Waals surface area contributed by atoms with E-state index >= 15 is 0 Å². The summed E-state index contributed by atoms with van der Waals surface area (Å²) in [5, 5.41) is 0. The molecular weight excluding hydrogens is 170 g/mol. The van der Waals surface area contributed by atoms with Gasteiger partial charge in [-0.2, -0.15) is 0 Å². The molecule has 0 radical (unpaired) electrons. The standard InChI is InChI=1S/C13H25N/c1-12(2,3)14-10-6-9-13(11-14)7-4-5-8-13/h4-11H2,1-3H3. The van der Waals surface area contributed by atoms with E-state index in [2.05, 4.69) is 25.7 Å². The molecule has 0 unspecified atom stereocenters. The lowest BCUT2D eigenvalue weighted by atomic mass is 9.77. The fraction of sp³-hybridized carbons (Fsp3) is 1.00. The Morgan fingerprint density at radius 3 is 2.07 bits per heavy atom. The lowest BCUT2D eigenvalue weighted by Crippen LogP contribution is -2.50. The molecule has 14 heavy (non-hydrogen) atoms. The van der Waals surface area contributed by atoms with Crippen LogP contribution in [-0.4, -0.2) is 23.5 Å². The zero-order valence-corrected chi connectivity index (χ0v) is 10.1. The van der Waals surface area contributed by atoms with Gasteiger partial charge in [0.2, 0.25) is 0 Å². The quantitative estimate of drug-likeness (QED) is 0.572. The second-order valence-electron chi connectivity index (χ2n) is 6.40. The number of hydrogen-bond acceptors (Lipinski definition) is 1. The van der Waals surface area contributed by atoms with Gasteiger partial charge in [-0.15, -0.1) is 0 Å². The Hall–Kier alpha value is -0.0400. The summed E-state index contributed by atoms with van der Waals surface area (Å²) < 4.78 is 0. The molecule has 0 atom stereocenters. The minimum Gasteiger partial charge on any atom is -0.298 e. The molecule has 0 aromatic rings. The molecule has 82 valence electrons. The molecule has 1 spiro atoms. The van der Waals surface area contributed by atoms with Crippen LogP contribution in [0.15, 0.2) is 0 Å². The van der Waals surface area contributed by atoms with E-state index < -0.39 is 0 Å². The van der Waals surface area contributed by atoms with E-state index in [1.165, 1.54) is 51.6 Å². The molecule has 0 bridgehead atoms. The largest absolute Gasteiger partial charge is 0.298 e.